The summed E-state index contributed by atoms with van der Waals surface area (Å²) in [4.78, 5) is 32.9. The second-order valence-electron chi connectivity index (χ2n) is 4.57. The van der Waals surface area contributed by atoms with Crippen LogP contribution >= 0.6 is 0 Å². The summed E-state index contributed by atoms with van der Waals surface area (Å²) in [5, 5.41) is 3.00. The normalized spacial score (nSPS) is 13.1. The third-order valence-electron chi connectivity index (χ3n) is 2.62. The van der Waals surface area contributed by atoms with E-state index in [4.69, 9.17) is 5.73 Å². The summed E-state index contributed by atoms with van der Waals surface area (Å²) in [6.07, 6.45) is 3.29. The summed E-state index contributed by atoms with van der Waals surface area (Å²) in [5.74, 6) is -0.0656. The molecule has 0 saturated carbocycles. The molecule has 5 nitrogen and oxygen atoms in total. The van der Waals surface area contributed by atoms with Crippen molar-refractivity contribution < 1.29 is 14.4 Å². The van der Waals surface area contributed by atoms with Crippen molar-refractivity contribution in [2.24, 2.45) is 5.73 Å². The monoisotopic (exact) mass is 242 g/mol. The van der Waals surface area contributed by atoms with Crippen LogP contribution in [-0.4, -0.2) is 36.5 Å². The van der Waals surface area contributed by atoms with Crippen molar-refractivity contribution in [2.45, 2.75) is 51.1 Å². The van der Waals surface area contributed by atoms with Gasteiger partial charge in [-0.2, -0.15) is 0 Å². The molecule has 98 valence electrons. The van der Waals surface area contributed by atoms with E-state index in [9.17, 15) is 14.4 Å². The number of ketones is 1. The molecule has 1 unspecified atom stereocenters. The van der Waals surface area contributed by atoms with Crippen LogP contribution in [0.15, 0.2) is 0 Å². The van der Waals surface area contributed by atoms with E-state index in [1.165, 1.54) is 0 Å². The maximum absolute atomic E-state index is 11.8. The summed E-state index contributed by atoms with van der Waals surface area (Å²) in [6.45, 7) is 3.96. The van der Waals surface area contributed by atoms with Gasteiger partial charge in [-0.05, 0) is 33.2 Å². The van der Waals surface area contributed by atoms with Crippen LogP contribution in [0.2, 0.25) is 0 Å². The van der Waals surface area contributed by atoms with Gasteiger partial charge in [0.2, 0.25) is 0 Å². The number of carbonyl (C=O) groups is 3. The van der Waals surface area contributed by atoms with Gasteiger partial charge in [0.05, 0.1) is 11.6 Å². The molecule has 17 heavy (non-hydrogen) atoms. The van der Waals surface area contributed by atoms with Crippen LogP contribution in [0.4, 0.5) is 0 Å². The number of rotatable bonds is 10. The number of carbonyl (C=O) groups excluding carboxylic acids is 3. The van der Waals surface area contributed by atoms with Crippen LogP contribution in [0.1, 0.15) is 39.5 Å². The van der Waals surface area contributed by atoms with Gasteiger partial charge in [0.1, 0.15) is 12.6 Å². The van der Waals surface area contributed by atoms with Gasteiger partial charge >= 0.3 is 0 Å². The Labute approximate surface area is 102 Å². The Morgan fingerprint density at radius 2 is 2.06 bits per heavy atom. The molecule has 0 aliphatic rings. The molecule has 0 rings (SSSR count). The highest BCUT2D eigenvalue weighted by Crippen LogP contribution is 2.10. The molecule has 0 amide bonds. The van der Waals surface area contributed by atoms with E-state index in [-0.39, 0.29) is 24.7 Å². The summed E-state index contributed by atoms with van der Waals surface area (Å²) in [7, 11) is 0. The first kappa shape index (κ1) is 15.9. The fraction of sp³-hybridized carbons (Fsp3) is 0.750. The molecule has 0 bridgehead atoms. The molecule has 5 heteroatoms. The maximum Gasteiger partial charge on any atom is 0.152 e. The summed E-state index contributed by atoms with van der Waals surface area (Å²) in [6, 6.07) is -0.367. The van der Waals surface area contributed by atoms with Gasteiger partial charge in [-0.3, -0.25) is 10.1 Å². The highest BCUT2D eigenvalue weighted by Gasteiger charge is 2.28. The van der Waals surface area contributed by atoms with Crippen LogP contribution in [0, 0.1) is 0 Å². The molecule has 0 radical (unpaired) electrons. The Morgan fingerprint density at radius 3 is 2.53 bits per heavy atom. The van der Waals surface area contributed by atoms with E-state index >= 15 is 0 Å². The van der Waals surface area contributed by atoms with Crippen molar-refractivity contribution in [3.05, 3.63) is 0 Å². The molecule has 0 saturated heterocycles. The Morgan fingerprint density at radius 1 is 1.41 bits per heavy atom. The second kappa shape index (κ2) is 8.08. The van der Waals surface area contributed by atoms with Gasteiger partial charge in [0, 0.05) is 12.8 Å². The zero-order valence-electron chi connectivity index (χ0n) is 10.6. The minimum absolute atomic E-state index is 0.0656. The summed E-state index contributed by atoms with van der Waals surface area (Å²) < 4.78 is 0. The van der Waals surface area contributed by atoms with Crippen LogP contribution in [0.3, 0.4) is 0 Å². The largest absolute Gasteiger partial charge is 0.330 e. The number of hydrogen-bond acceptors (Lipinski definition) is 5. The number of nitrogens with one attached hydrogen (secondary N) is 1. The molecule has 0 spiro atoms. The van der Waals surface area contributed by atoms with E-state index in [1.54, 1.807) is 13.8 Å². The molecule has 0 aliphatic heterocycles. The first-order valence-electron chi connectivity index (χ1n) is 5.88. The van der Waals surface area contributed by atoms with Gasteiger partial charge in [-0.1, -0.05) is 0 Å². The first-order chi connectivity index (χ1) is 7.97. The predicted molar refractivity (Wildman–Crippen MR) is 65.7 cm³/mol. The van der Waals surface area contributed by atoms with Crippen molar-refractivity contribution in [1.82, 2.24) is 5.32 Å². The fourth-order valence-electron chi connectivity index (χ4n) is 1.56. The van der Waals surface area contributed by atoms with Gasteiger partial charge in [-0.15, -0.1) is 0 Å². The molecular formula is C12H22N2O3. The molecule has 3 N–H and O–H groups in total. The minimum atomic E-state index is -0.789. The molecule has 0 aromatic carbocycles. The molecule has 0 fully saturated rings. The van der Waals surface area contributed by atoms with Crippen molar-refractivity contribution >= 4 is 18.4 Å². The molecule has 0 aliphatic carbocycles. The van der Waals surface area contributed by atoms with Crippen LogP contribution in [0.25, 0.3) is 0 Å². The maximum atomic E-state index is 11.8. The van der Waals surface area contributed by atoms with Gasteiger partial charge < -0.3 is 15.3 Å². The highest BCUT2D eigenvalue weighted by atomic mass is 16.1. The quantitative estimate of drug-likeness (QED) is 0.534. The predicted octanol–water partition coefficient (Wildman–Crippen LogP) is 0.209. The van der Waals surface area contributed by atoms with Gasteiger partial charge in [-0.25, -0.2) is 0 Å². The van der Waals surface area contributed by atoms with E-state index in [2.05, 4.69) is 5.32 Å². The lowest BCUT2D eigenvalue weighted by Gasteiger charge is -2.28. The zero-order chi connectivity index (χ0) is 13.3. The van der Waals surface area contributed by atoms with Crippen LogP contribution < -0.4 is 11.1 Å². The SMILES string of the molecule is CC(C)(NC(C=O)CCCN)C(=O)CCC=O. The average molecular weight is 242 g/mol. The van der Waals surface area contributed by atoms with E-state index in [0.29, 0.717) is 13.0 Å². The van der Waals surface area contributed by atoms with E-state index in [1.807, 2.05) is 0 Å². The van der Waals surface area contributed by atoms with Crippen molar-refractivity contribution in [3.8, 4) is 0 Å². The third kappa shape index (κ3) is 6.28. The summed E-state index contributed by atoms with van der Waals surface area (Å²) >= 11 is 0. The van der Waals surface area contributed by atoms with Crippen LogP contribution in [-0.2, 0) is 14.4 Å². The Kier molecular flexibility index (Phi) is 7.58. The number of aldehydes is 2. The molecule has 0 aromatic heterocycles. The minimum Gasteiger partial charge on any atom is -0.330 e. The molecule has 0 aromatic rings. The average Bonchev–Trinajstić information content (AvgIpc) is 2.31. The zero-order valence-corrected chi connectivity index (χ0v) is 10.6. The lowest BCUT2D eigenvalue weighted by molar-refractivity contribution is -0.126. The number of nitrogens with two attached hydrogens (primary N) is 1. The van der Waals surface area contributed by atoms with Crippen molar-refractivity contribution in [3.63, 3.8) is 0 Å². The molecular weight excluding hydrogens is 220 g/mol. The van der Waals surface area contributed by atoms with Crippen molar-refractivity contribution in [1.29, 1.82) is 0 Å². The topological polar surface area (TPSA) is 89.3 Å². The van der Waals surface area contributed by atoms with Crippen molar-refractivity contribution in [2.75, 3.05) is 6.54 Å². The van der Waals surface area contributed by atoms with E-state index < -0.39 is 5.54 Å². The smallest absolute Gasteiger partial charge is 0.152 e. The second-order valence-corrected chi connectivity index (χ2v) is 4.57. The Hall–Kier alpha value is -1.07. The van der Waals surface area contributed by atoms with Crippen LogP contribution in [0.5, 0.6) is 0 Å². The third-order valence-corrected chi connectivity index (χ3v) is 2.62. The van der Waals surface area contributed by atoms with E-state index in [0.717, 1.165) is 19.0 Å². The molecule has 0 heterocycles. The molecule has 1 atom stereocenters. The summed E-state index contributed by atoms with van der Waals surface area (Å²) in [5.41, 5.74) is 4.58. The Balaban J connectivity index is 4.32. The lowest BCUT2D eigenvalue weighted by atomic mass is 9.94. The fourth-order valence-corrected chi connectivity index (χ4v) is 1.56. The van der Waals surface area contributed by atoms with Gasteiger partial charge in [0.25, 0.3) is 0 Å². The van der Waals surface area contributed by atoms with Gasteiger partial charge in [0.15, 0.2) is 5.78 Å². The Bertz CT molecular complexity index is 264. The lowest BCUT2D eigenvalue weighted by Crippen LogP contribution is -2.52. The number of Topliss-reactive ketones (excluding diaryl/α,β-unsaturated/α-hetero) is 1. The highest BCUT2D eigenvalue weighted by molar-refractivity contribution is 5.89. The first-order valence-corrected chi connectivity index (χ1v) is 5.88. The standard InChI is InChI=1S/C12H22N2O3/c1-12(2,11(17)6-4-8-15)14-10(9-16)5-3-7-13/h8-10,14H,3-7,13H2,1-2H3. The number of hydrogen-bond donors (Lipinski definition) is 2.